The lowest BCUT2D eigenvalue weighted by atomic mass is 10.1. The topological polar surface area (TPSA) is 86.8 Å². The average Bonchev–Trinajstić information content (AvgIpc) is 2.87. The summed E-state index contributed by atoms with van der Waals surface area (Å²) in [5.74, 6) is -0.890. The van der Waals surface area contributed by atoms with Gasteiger partial charge in [-0.15, -0.1) is 0 Å². The predicted octanol–water partition coefficient (Wildman–Crippen LogP) is 5.44. The van der Waals surface area contributed by atoms with Crippen molar-refractivity contribution in [3.05, 3.63) is 94.0 Å². The molecule has 1 atom stereocenters. The van der Waals surface area contributed by atoms with Gasteiger partial charge in [-0.2, -0.15) is 0 Å². The van der Waals surface area contributed by atoms with Crippen molar-refractivity contribution in [3.63, 3.8) is 0 Å². The number of hydrogen-bond acceptors (Lipinski definition) is 4. The Morgan fingerprint density at radius 1 is 0.842 bits per heavy atom. The number of anilines is 1. The van der Waals surface area contributed by atoms with Crippen molar-refractivity contribution in [3.8, 4) is 0 Å². The highest BCUT2D eigenvalue weighted by atomic mass is 35.5. The molecule has 0 aliphatic carbocycles. The summed E-state index contributed by atoms with van der Waals surface area (Å²) in [5, 5.41) is 3.79. The number of halogens is 2. The maximum absolute atomic E-state index is 13.8. The number of rotatable bonds is 10. The molecule has 3 aromatic rings. The third kappa shape index (κ3) is 7.49. The van der Waals surface area contributed by atoms with Gasteiger partial charge in [0, 0.05) is 22.6 Å². The van der Waals surface area contributed by atoms with Crippen LogP contribution in [0.2, 0.25) is 10.0 Å². The van der Waals surface area contributed by atoms with Gasteiger partial charge in [0.1, 0.15) is 12.6 Å². The van der Waals surface area contributed by atoms with Crippen molar-refractivity contribution in [1.29, 1.82) is 0 Å². The Hall–Kier alpha value is -3.07. The van der Waals surface area contributed by atoms with Crippen molar-refractivity contribution >= 4 is 50.7 Å². The van der Waals surface area contributed by atoms with E-state index >= 15 is 0 Å². The highest BCUT2D eigenvalue weighted by Gasteiger charge is 2.32. The van der Waals surface area contributed by atoms with E-state index in [1.54, 1.807) is 67.6 Å². The molecule has 0 aliphatic rings. The number of amides is 2. The Morgan fingerprint density at radius 2 is 1.37 bits per heavy atom. The van der Waals surface area contributed by atoms with Crippen LogP contribution in [0.5, 0.6) is 0 Å². The highest BCUT2D eigenvalue weighted by molar-refractivity contribution is 7.92. The molecule has 0 saturated heterocycles. The molecule has 1 N–H and O–H groups in total. The molecular weight excluding hydrogens is 545 g/mol. The van der Waals surface area contributed by atoms with Gasteiger partial charge in [-0.05, 0) is 81.8 Å². The Labute approximate surface area is 234 Å². The molecule has 0 aliphatic heterocycles. The summed E-state index contributed by atoms with van der Waals surface area (Å²) in [6, 6.07) is 18.5. The van der Waals surface area contributed by atoms with Crippen LogP contribution in [0.15, 0.2) is 77.7 Å². The number of nitrogens with one attached hydrogen (secondary N) is 1. The molecule has 0 fully saturated rings. The summed E-state index contributed by atoms with van der Waals surface area (Å²) in [5.41, 5.74) is 1.91. The zero-order chi connectivity index (χ0) is 28.0. The van der Waals surface area contributed by atoms with Crippen molar-refractivity contribution in [2.45, 2.75) is 51.2 Å². The monoisotopic (exact) mass is 575 g/mol. The largest absolute Gasteiger partial charge is 0.352 e. The molecule has 3 aromatic carbocycles. The number of aryl methyl sites for hydroxylation is 1. The van der Waals surface area contributed by atoms with Gasteiger partial charge in [-0.3, -0.25) is 13.9 Å². The first-order valence-corrected chi connectivity index (χ1v) is 14.3. The number of benzene rings is 3. The van der Waals surface area contributed by atoms with Crippen LogP contribution in [0.25, 0.3) is 0 Å². The molecule has 1 unspecified atom stereocenters. The van der Waals surface area contributed by atoms with Gasteiger partial charge in [0.25, 0.3) is 10.0 Å². The van der Waals surface area contributed by atoms with Crippen LogP contribution < -0.4 is 9.62 Å². The lowest BCUT2D eigenvalue weighted by molar-refractivity contribution is -0.139. The molecule has 0 heterocycles. The summed E-state index contributed by atoms with van der Waals surface area (Å²) < 4.78 is 28.6. The summed E-state index contributed by atoms with van der Waals surface area (Å²) in [6.45, 7) is 6.69. The lowest BCUT2D eigenvalue weighted by Crippen LogP contribution is -2.52. The fourth-order valence-corrected chi connectivity index (χ4v) is 5.41. The molecule has 0 aromatic heterocycles. The molecule has 0 bridgehead atoms. The number of nitrogens with zero attached hydrogens (tertiary/aromatic N) is 2. The zero-order valence-electron chi connectivity index (χ0n) is 21.7. The van der Waals surface area contributed by atoms with Crippen LogP contribution in [0.4, 0.5) is 5.69 Å². The van der Waals surface area contributed by atoms with E-state index in [1.165, 1.54) is 17.0 Å². The van der Waals surface area contributed by atoms with Crippen molar-refractivity contribution in [2.24, 2.45) is 0 Å². The molecule has 202 valence electrons. The summed E-state index contributed by atoms with van der Waals surface area (Å²) in [4.78, 5) is 28.1. The SMILES string of the molecule is Cc1ccc(S(=O)(=O)N(CC(=O)N(Cc2ccc(Cl)cc2)C(C)C(=O)NC(C)C)c2ccc(Cl)cc2)cc1. The van der Waals surface area contributed by atoms with Crippen LogP contribution in [0.1, 0.15) is 31.9 Å². The summed E-state index contributed by atoms with van der Waals surface area (Å²) in [7, 11) is -4.13. The van der Waals surface area contributed by atoms with E-state index in [9.17, 15) is 18.0 Å². The smallest absolute Gasteiger partial charge is 0.264 e. The number of carbonyl (C=O) groups is 2. The molecule has 3 rings (SSSR count). The van der Waals surface area contributed by atoms with Crippen molar-refractivity contribution < 1.29 is 18.0 Å². The maximum atomic E-state index is 13.8. The Balaban J connectivity index is 2.02. The first-order valence-electron chi connectivity index (χ1n) is 12.1. The number of sulfonamides is 1. The van der Waals surface area contributed by atoms with Gasteiger partial charge in [0.2, 0.25) is 11.8 Å². The van der Waals surface area contributed by atoms with Crippen molar-refractivity contribution in [1.82, 2.24) is 10.2 Å². The minimum absolute atomic E-state index is 0.0423. The van der Waals surface area contributed by atoms with Crippen LogP contribution in [-0.2, 0) is 26.2 Å². The van der Waals surface area contributed by atoms with Crippen molar-refractivity contribution in [2.75, 3.05) is 10.8 Å². The third-order valence-corrected chi connectivity index (χ3v) is 8.16. The van der Waals surface area contributed by atoms with E-state index < -0.39 is 28.5 Å². The molecule has 0 saturated carbocycles. The first kappa shape index (κ1) is 29.5. The normalized spacial score (nSPS) is 12.2. The van der Waals surface area contributed by atoms with Gasteiger partial charge in [-0.1, -0.05) is 53.0 Å². The van der Waals surface area contributed by atoms with Crippen LogP contribution in [0.3, 0.4) is 0 Å². The van der Waals surface area contributed by atoms with E-state index in [2.05, 4.69) is 5.32 Å². The van der Waals surface area contributed by atoms with E-state index in [-0.39, 0.29) is 29.1 Å². The molecule has 10 heteroatoms. The molecule has 7 nitrogen and oxygen atoms in total. The average molecular weight is 577 g/mol. The minimum Gasteiger partial charge on any atom is -0.352 e. The van der Waals surface area contributed by atoms with E-state index in [4.69, 9.17) is 23.2 Å². The van der Waals surface area contributed by atoms with E-state index in [1.807, 2.05) is 20.8 Å². The van der Waals surface area contributed by atoms with Crippen LogP contribution >= 0.6 is 23.2 Å². The Kier molecular flexibility index (Phi) is 9.82. The summed E-state index contributed by atoms with van der Waals surface area (Å²) in [6.07, 6.45) is 0. The second-order valence-electron chi connectivity index (χ2n) is 9.29. The Bertz CT molecular complexity index is 1360. The van der Waals surface area contributed by atoms with Gasteiger partial charge in [-0.25, -0.2) is 8.42 Å². The third-order valence-electron chi connectivity index (χ3n) is 5.87. The van der Waals surface area contributed by atoms with Gasteiger partial charge in [0.05, 0.1) is 10.6 Å². The maximum Gasteiger partial charge on any atom is 0.264 e. The number of carbonyl (C=O) groups excluding carboxylic acids is 2. The lowest BCUT2D eigenvalue weighted by Gasteiger charge is -2.32. The van der Waals surface area contributed by atoms with Gasteiger partial charge in [0.15, 0.2) is 0 Å². The number of hydrogen-bond donors (Lipinski definition) is 1. The van der Waals surface area contributed by atoms with Crippen LogP contribution in [0, 0.1) is 6.92 Å². The second-order valence-corrected chi connectivity index (χ2v) is 12.0. The van der Waals surface area contributed by atoms with Crippen LogP contribution in [-0.4, -0.2) is 43.8 Å². The zero-order valence-corrected chi connectivity index (χ0v) is 24.0. The van der Waals surface area contributed by atoms with Gasteiger partial charge >= 0.3 is 0 Å². The highest BCUT2D eigenvalue weighted by Crippen LogP contribution is 2.26. The standard InChI is InChI=1S/C28H31Cl2N3O4S/c1-19(2)31-28(35)21(4)32(17-22-7-9-23(29)10-8-22)27(34)18-33(25-13-11-24(30)12-14-25)38(36,37)26-15-5-20(3)6-16-26/h5-16,19,21H,17-18H2,1-4H3,(H,31,35). The molecular formula is C28H31Cl2N3O4S. The quantitative estimate of drug-likeness (QED) is 0.348. The minimum atomic E-state index is -4.13. The molecule has 38 heavy (non-hydrogen) atoms. The fourth-order valence-electron chi connectivity index (χ4n) is 3.75. The second kappa shape index (κ2) is 12.7. The van der Waals surface area contributed by atoms with E-state index in [0.29, 0.717) is 10.0 Å². The summed E-state index contributed by atoms with van der Waals surface area (Å²) >= 11 is 12.1. The predicted molar refractivity (Wildman–Crippen MR) is 152 cm³/mol. The first-order chi connectivity index (χ1) is 17.9. The fraction of sp³-hybridized carbons (Fsp3) is 0.286. The van der Waals surface area contributed by atoms with Gasteiger partial charge < -0.3 is 10.2 Å². The Morgan fingerprint density at radius 3 is 1.89 bits per heavy atom. The van der Waals surface area contributed by atoms with E-state index in [0.717, 1.165) is 15.4 Å². The molecule has 0 radical (unpaired) electrons. The molecule has 2 amide bonds. The molecule has 0 spiro atoms.